The van der Waals surface area contributed by atoms with Crippen molar-refractivity contribution in [2.24, 2.45) is 5.73 Å². The minimum atomic E-state index is 0. The van der Waals surface area contributed by atoms with Crippen LogP contribution >= 0.6 is 12.4 Å². The quantitative estimate of drug-likeness (QED) is 0.327. The number of benzene rings is 1. The SMILES string of the molecule is CNc1ccc(C(=N)N)cc1N.Cl. The molecule has 0 aliphatic heterocycles. The third-order valence-electron chi connectivity index (χ3n) is 1.63. The maximum Gasteiger partial charge on any atom is 0.122 e. The smallest absolute Gasteiger partial charge is 0.122 e. The van der Waals surface area contributed by atoms with Crippen molar-refractivity contribution < 1.29 is 0 Å². The van der Waals surface area contributed by atoms with Crippen LogP contribution in [-0.2, 0) is 0 Å². The second kappa shape index (κ2) is 4.57. The summed E-state index contributed by atoms with van der Waals surface area (Å²) in [5.74, 6) is 0.0318. The molecule has 0 aromatic heterocycles. The lowest BCUT2D eigenvalue weighted by atomic mass is 10.1. The van der Waals surface area contributed by atoms with E-state index in [9.17, 15) is 0 Å². The number of nitrogens with one attached hydrogen (secondary N) is 2. The van der Waals surface area contributed by atoms with Gasteiger partial charge in [0.15, 0.2) is 0 Å². The van der Waals surface area contributed by atoms with E-state index in [1.54, 1.807) is 25.2 Å². The highest BCUT2D eigenvalue weighted by molar-refractivity contribution is 5.96. The van der Waals surface area contributed by atoms with Crippen LogP contribution in [0.4, 0.5) is 11.4 Å². The molecule has 0 heterocycles. The van der Waals surface area contributed by atoms with Crippen LogP contribution in [0.2, 0.25) is 0 Å². The van der Waals surface area contributed by atoms with Gasteiger partial charge in [-0.25, -0.2) is 0 Å². The summed E-state index contributed by atoms with van der Waals surface area (Å²) in [5, 5.41) is 10.1. The lowest BCUT2D eigenvalue weighted by molar-refractivity contribution is 1.42. The number of nitrogen functional groups attached to an aromatic ring is 2. The molecule has 1 aromatic carbocycles. The number of nitrogens with two attached hydrogens (primary N) is 2. The number of anilines is 2. The van der Waals surface area contributed by atoms with Crippen LogP contribution in [0.15, 0.2) is 18.2 Å². The van der Waals surface area contributed by atoms with Crippen LogP contribution in [0.5, 0.6) is 0 Å². The van der Waals surface area contributed by atoms with E-state index in [4.69, 9.17) is 16.9 Å². The van der Waals surface area contributed by atoms with Crippen molar-refractivity contribution in [2.45, 2.75) is 0 Å². The molecule has 6 N–H and O–H groups in total. The molecule has 5 heteroatoms. The van der Waals surface area contributed by atoms with E-state index in [1.807, 2.05) is 0 Å². The highest BCUT2D eigenvalue weighted by Crippen LogP contribution is 2.18. The molecule has 0 aliphatic rings. The molecule has 72 valence electrons. The molecule has 0 saturated heterocycles. The number of hydrogen-bond acceptors (Lipinski definition) is 3. The van der Waals surface area contributed by atoms with Gasteiger partial charge in [0.2, 0.25) is 0 Å². The maximum atomic E-state index is 7.16. The highest BCUT2D eigenvalue weighted by atomic mass is 35.5. The second-order valence-corrected chi connectivity index (χ2v) is 2.47. The Hall–Kier alpha value is -1.42. The number of amidine groups is 1. The van der Waals surface area contributed by atoms with E-state index >= 15 is 0 Å². The van der Waals surface area contributed by atoms with Crippen molar-refractivity contribution in [3.63, 3.8) is 0 Å². The second-order valence-electron chi connectivity index (χ2n) is 2.47. The molecule has 0 amide bonds. The molecule has 0 saturated carbocycles. The van der Waals surface area contributed by atoms with Crippen molar-refractivity contribution in [3.05, 3.63) is 23.8 Å². The standard InChI is InChI=1S/C8H12N4.ClH/c1-12-7-3-2-5(8(10)11)4-6(7)9;/h2-4,12H,9H2,1H3,(H3,10,11);1H. The predicted molar refractivity (Wildman–Crippen MR) is 58.7 cm³/mol. The van der Waals surface area contributed by atoms with Gasteiger partial charge in [-0.15, -0.1) is 12.4 Å². The summed E-state index contributed by atoms with van der Waals surface area (Å²) < 4.78 is 0. The molecule has 1 aromatic rings. The summed E-state index contributed by atoms with van der Waals surface area (Å²) in [5.41, 5.74) is 13.0. The van der Waals surface area contributed by atoms with Gasteiger partial charge in [0, 0.05) is 12.6 Å². The van der Waals surface area contributed by atoms with Crippen molar-refractivity contribution in [3.8, 4) is 0 Å². The summed E-state index contributed by atoms with van der Waals surface area (Å²) in [7, 11) is 1.79. The van der Waals surface area contributed by atoms with Gasteiger partial charge >= 0.3 is 0 Å². The van der Waals surface area contributed by atoms with Gasteiger partial charge < -0.3 is 16.8 Å². The predicted octanol–water partition coefficient (Wildman–Crippen LogP) is 1.02. The Kier molecular flexibility index (Phi) is 4.07. The summed E-state index contributed by atoms with van der Waals surface area (Å²) in [6.07, 6.45) is 0. The molecule has 0 radical (unpaired) electrons. The monoisotopic (exact) mass is 200 g/mol. The zero-order valence-corrected chi connectivity index (χ0v) is 8.11. The van der Waals surface area contributed by atoms with E-state index < -0.39 is 0 Å². The number of rotatable bonds is 2. The summed E-state index contributed by atoms with van der Waals surface area (Å²) in [6.45, 7) is 0. The fourth-order valence-electron chi connectivity index (χ4n) is 0.958. The van der Waals surface area contributed by atoms with Gasteiger partial charge in [-0.05, 0) is 18.2 Å². The molecule has 0 bridgehead atoms. The van der Waals surface area contributed by atoms with E-state index in [0.717, 1.165) is 5.69 Å². The first-order chi connectivity index (χ1) is 5.65. The summed E-state index contributed by atoms with van der Waals surface area (Å²) >= 11 is 0. The molecule has 13 heavy (non-hydrogen) atoms. The highest BCUT2D eigenvalue weighted by Gasteiger charge is 2.00. The third-order valence-corrected chi connectivity index (χ3v) is 1.63. The van der Waals surface area contributed by atoms with E-state index in [-0.39, 0.29) is 18.2 Å². The van der Waals surface area contributed by atoms with Gasteiger partial charge in [-0.3, -0.25) is 5.41 Å². The van der Waals surface area contributed by atoms with Gasteiger partial charge in [0.25, 0.3) is 0 Å². The zero-order valence-electron chi connectivity index (χ0n) is 7.29. The molecular weight excluding hydrogens is 188 g/mol. The minimum absolute atomic E-state index is 0. The Labute approximate surface area is 83.2 Å². The van der Waals surface area contributed by atoms with Crippen LogP contribution in [0.1, 0.15) is 5.56 Å². The van der Waals surface area contributed by atoms with Crippen LogP contribution in [0.3, 0.4) is 0 Å². The number of halogens is 1. The Morgan fingerprint density at radius 1 is 1.46 bits per heavy atom. The Bertz CT molecular complexity index is 311. The Balaban J connectivity index is 0.00000144. The first kappa shape index (κ1) is 11.6. The summed E-state index contributed by atoms with van der Waals surface area (Å²) in [4.78, 5) is 0. The minimum Gasteiger partial charge on any atom is -0.397 e. The van der Waals surface area contributed by atoms with E-state index in [1.165, 1.54) is 0 Å². The molecule has 0 unspecified atom stereocenters. The zero-order chi connectivity index (χ0) is 9.14. The van der Waals surface area contributed by atoms with Gasteiger partial charge in [0.05, 0.1) is 11.4 Å². The summed E-state index contributed by atoms with van der Waals surface area (Å²) in [6, 6.07) is 5.23. The molecule has 0 atom stereocenters. The van der Waals surface area contributed by atoms with E-state index in [2.05, 4.69) is 5.32 Å². The maximum absolute atomic E-state index is 7.16. The van der Waals surface area contributed by atoms with E-state index in [0.29, 0.717) is 11.3 Å². The van der Waals surface area contributed by atoms with Crippen LogP contribution in [0.25, 0.3) is 0 Å². The molecule has 0 fully saturated rings. The van der Waals surface area contributed by atoms with Crippen molar-refractivity contribution in [2.75, 3.05) is 18.1 Å². The van der Waals surface area contributed by atoms with Crippen molar-refractivity contribution in [1.82, 2.24) is 0 Å². The lowest BCUT2D eigenvalue weighted by Crippen LogP contribution is -2.11. The molecule has 1 rings (SSSR count). The average Bonchev–Trinajstić information content (AvgIpc) is 2.04. The van der Waals surface area contributed by atoms with Gasteiger partial charge in [-0.1, -0.05) is 0 Å². The molecular formula is C8H13ClN4. The fourth-order valence-corrected chi connectivity index (χ4v) is 0.958. The van der Waals surface area contributed by atoms with Gasteiger partial charge in [0.1, 0.15) is 5.84 Å². The first-order valence-electron chi connectivity index (χ1n) is 3.57. The first-order valence-corrected chi connectivity index (χ1v) is 3.57. The molecule has 0 aliphatic carbocycles. The van der Waals surface area contributed by atoms with Crippen molar-refractivity contribution >= 4 is 29.6 Å². The number of hydrogen-bond donors (Lipinski definition) is 4. The van der Waals surface area contributed by atoms with Crippen molar-refractivity contribution in [1.29, 1.82) is 5.41 Å². The van der Waals surface area contributed by atoms with Crippen LogP contribution in [-0.4, -0.2) is 12.9 Å². The van der Waals surface area contributed by atoms with Gasteiger partial charge in [-0.2, -0.15) is 0 Å². The van der Waals surface area contributed by atoms with Crippen LogP contribution < -0.4 is 16.8 Å². The topological polar surface area (TPSA) is 87.9 Å². The Morgan fingerprint density at radius 3 is 2.46 bits per heavy atom. The fraction of sp³-hybridized carbons (Fsp3) is 0.125. The lowest BCUT2D eigenvalue weighted by Gasteiger charge is -2.05. The third kappa shape index (κ3) is 2.52. The Morgan fingerprint density at radius 2 is 2.08 bits per heavy atom. The van der Waals surface area contributed by atoms with Crippen LogP contribution in [0, 0.1) is 5.41 Å². The largest absolute Gasteiger partial charge is 0.397 e. The molecule has 4 nitrogen and oxygen atoms in total. The molecule has 0 spiro atoms. The normalized spacial score (nSPS) is 8.69. The average molecular weight is 201 g/mol.